The average Bonchev–Trinajstić information content (AvgIpc) is 2.93. The molecule has 0 fully saturated rings. The molecule has 0 radical (unpaired) electrons. The number of halogens is 2. The number of amides is 1. The van der Waals surface area contributed by atoms with E-state index in [0.29, 0.717) is 28.6 Å². The number of hydrogen-bond donors (Lipinski definition) is 1. The van der Waals surface area contributed by atoms with Crippen molar-refractivity contribution in [2.24, 2.45) is 0 Å². The molecule has 0 atom stereocenters. The van der Waals surface area contributed by atoms with E-state index >= 15 is 0 Å². The Morgan fingerprint density at radius 3 is 2.91 bits per heavy atom. The molecule has 3 rings (SSSR count). The number of carbonyl (C=O) groups is 1. The summed E-state index contributed by atoms with van der Waals surface area (Å²) in [4.78, 5) is 12.1. The first kappa shape index (κ1) is 14.8. The summed E-state index contributed by atoms with van der Waals surface area (Å²) in [5.41, 5.74) is 1.14. The molecule has 2 aromatic heterocycles. The summed E-state index contributed by atoms with van der Waals surface area (Å²) in [6.45, 7) is 0.428. The summed E-state index contributed by atoms with van der Waals surface area (Å²) < 4.78 is 1.89. The third-order valence-corrected chi connectivity index (χ3v) is 3.76. The normalized spacial score (nSPS) is 10.8. The molecule has 0 bridgehead atoms. The topological polar surface area (TPSA) is 59.3 Å². The predicted octanol–water partition coefficient (Wildman–Crippen LogP) is 3.01. The molecular weight excluding hydrogens is 323 g/mol. The monoisotopic (exact) mass is 334 g/mol. The fourth-order valence-corrected chi connectivity index (χ4v) is 2.49. The number of pyridine rings is 1. The molecule has 1 amide bonds. The molecule has 0 aliphatic rings. The molecule has 7 heteroatoms. The van der Waals surface area contributed by atoms with Crippen LogP contribution in [-0.4, -0.2) is 27.0 Å². The van der Waals surface area contributed by atoms with Gasteiger partial charge in [0.05, 0.1) is 10.6 Å². The van der Waals surface area contributed by atoms with Gasteiger partial charge in [-0.25, -0.2) is 0 Å². The molecule has 22 heavy (non-hydrogen) atoms. The van der Waals surface area contributed by atoms with Crippen LogP contribution in [0.2, 0.25) is 10.0 Å². The summed E-state index contributed by atoms with van der Waals surface area (Å²) in [5.74, 6) is 0.523. The summed E-state index contributed by atoms with van der Waals surface area (Å²) >= 11 is 11.9. The van der Waals surface area contributed by atoms with Crippen LogP contribution in [0.4, 0.5) is 0 Å². The van der Waals surface area contributed by atoms with Gasteiger partial charge in [-0.3, -0.25) is 9.20 Å². The van der Waals surface area contributed by atoms with Crippen molar-refractivity contribution in [1.82, 2.24) is 19.9 Å². The minimum atomic E-state index is -0.263. The SMILES string of the molecule is O=C(NCCc1nnc2ccccn12)c1cc(Cl)ccc1Cl. The lowest BCUT2D eigenvalue weighted by Gasteiger charge is -2.06. The van der Waals surface area contributed by atoms with E-state index < -0.39 is 0 Å². The maximum absolute atomic E-state index is 12.1. The zero-order valence-corrected chi connectivity index (χ0v) is 13.0. The van der Waals surface area contributed by atoms with Crippen LogP contribution in [0.1, 0.15) is 16.2 Å². The minimum Gasteiger partial charge on any atom is -0.352 e. The molecule has 0 saturated heterocycles. The fraction of sp³-hybridized carbons (Fsp3) is 0.133. The minimum absolute atomic E-state index is 0.263. The lowest BCUT2D eigenvalue weighted by atomic mass is 10.2. The van der Waals surface area contributed by atoms with Crippen molar-refractivity contribution >= 4 is 34.8 Å². The Bertz CT molecular complexity index is 831. The van der Waals surface area contributed by atoms with Crippen molar-refractivity contribution in [1.29, 1.82) is 0 Å². The second-order valence-electron chi connectivity index (χ2n) is 4.68. The number of nitrogens with zero attached hydrogens (tertiary/aromatic N) is 3. The summed E-state index contributed by atoms with van der Waals surface area (Å²) in [5, 5.41) is 11.8. The fourth-order valence-electron chi connectivity index (χ4n) is 2.12. The number of nitrogens with one attached hydrogen (secondary N) is 1. The van der Waals surface area contributed by atoms with E-state index in [9.17, 15) is 4.79 Å². The summed E-state index contributed by atoms with van der Waals surface area (Å²) in [6.07, 6.45) is 2.45. The molecule has 112 valence electrons. The van der Waals surface area contributed by atoms with Gasteiger partial charge in [0.25, 0.3) is 5.91 Å². The molecule has 0 saturated carbocycles. The zero-order chi connectivity index (χ0) is 15.5. The standard InChI is InChI=1S/C15H12Cl2N4O/c16-10-4-5-12(17)11(9-10)15(22)18-7-6-14-20-19-13-3-1-2-8-21(13)14/h1-5,8-9H,6-7H2,(H,18,22). The van der Waals surface area contributed by atoms with Crippen LogP contribution in [0.3, 0.4) is 0 Å². The highest BCUT2D eigenvalue weighted by molar-refractivity contribution is 6.35. The van der Waals surface area contributed by atoms with Crippen LogP contribution in [0.25, 0.3) is 5.65 Å². The Labute approximate surface area is 136 Å². The van der Waals surface area contributed by atoms with Crippen LogP contribution in [0.5, 0.6) is 0 Å². The van der Waals surface area contributed by atoms with E-state index in [1.54, 1.807) is 18.2 Å². The third-order valence-electron chi connectivity index (χ3n) is 3.19. The third kappa shape index (κ3) is 3.05. The molecule has 2 heterocycles. The largest absolute Gasteiger partial charge is 0.352 e. The van der Waals surface area contributed by atoms with Crippen LogP contribution < -0.4 is 5.32 Å². The maximum Gasteiger partial charge on any atom is 0.252 e. The van der Waals surface area contributed by atoms with E-state index in [2.05, 4.69) is 15.5 Å². The van der Waals surface area contributed by atoms with Crippen molar-refractivity contribution in [2.45, 2.75) is 6.42 Å². The number of carbonyl (C=O) groups excluding carboxylic acids is 1. The van der Waals surface area contributed by atoms with Gasteiger partial charge >= 0.3 is 0 Å². The second kappa shape index (κ2) is 6.34. The van der Waals surface area contributed by atoms with Crippen LogP contribution >= 0.6 is 23.2 Å². The Hall–Kier alpha value is -2.11. The van der Waals surface area contributed by atoms with Crippen LogP contribution in [0.15, 0.2) is 42.6 Å². The number of fused-ring (bicyclic) bond motifs is 1. The molecule has 0 aliphatic heterocycles. The van der Waals surface area contributed by atoms with E-state index in [0.717, 1.165) is 11.5 Å². The first-order chi connectivity index (χ1) is 10.6. The lowest BCUT2D eigenvalue weighted by molar-refractivity contribution is 0.0954. The van der Waals surface area contributed by atoms with E-state index in [4.69, 9.17) is 23.2 Å². The number of rotatable bonds is 4. The molecule has 0 spiro atoms. The van der Waals surface area contributed by atoms with Gasteiger partial charge in [0.1, 0.15) is 5.82 Å². The van der Waals surface area contributed by atoms with Gasteiger partial charge in [-0.05, 0) is 30.3 Å². The Morgan fingerprint density at radius 1 is 1.18 bits per heavy atom. The van der Waals surface area contributed by atoms with Crippen molar-refractivity contribution < 1.29 is 4.79 Å². The molecular formula is C15H12Cl2N4O. The first-order valence-corrected chi connectivity index (χ1v) is 7.42. The highest BCUT2D eigenvalue weighted by atomic mass is 35.5. The van der Waals surface area contributed by atoms with Crippen molar-refractivity contribution in [3.05, 3.63) is 64.0 Å². The van der Waals surface area contributed by atoms with Gasteiger partial charge < -0.3 is 5.32 Å². The number of benzene rings is 1. The maximum atomic E-state index is 12.1. The molecule has 1 N–H and O–H groups in total. The quantitative estimate of drug-likeness (QED) is 0.797. The molecule has 3 aromatic rings. The molecule has 1 aromatic carbocycles. The highest BCUT2D eigenvalue weighted by Crippen LogP contribution is 2.20. The van der Waals surface area contributed by atoms with Gasteiger partial charge in [0.15, 0.2) is 5.65 Å². The molecule has 0 unspecified atom stereocenters. The van der Waals surface area contributed by atoms with Crippen molar-refractivity contribution in [2.75, 3.05) is 6.54 Å². The van der Waals surface area contributed by atoms with Crippen molar-refractivity contribution in [3.8, 4) is 0 Å². The smallest absolute Gasteiger partial charge is 0.252 e. The van der Waals surface area contributed by atoms with Gasteiger partial charge in [0, 0.05) is 24.2 Å². The lowest BCUT2D eigenvalue weighted by Crippen LogP contribution is -2.26. The first-order valence-electron chi connectivity index (χ1n) is 6.67. The Morgan fingerprint density at radius 2 is 2.05 bits per heavy atom. The Balaban J connectivity index is 1.65. The molecule has 5 nitrogen and oxygen atoms in total. The Kier molecular flexibility index (Phi) is 4.27. The highest BCUT2D eigenvalue weighted by Gasteiger charge is 2.11. The summed E-state index contributed by atoms with van der Waals surface area (Å²) in [7, 11) is 0. The van der Waals surface area contributed by atoms with Gasteiger partial charge in [0.2, 0.25) is 0 Å². The van der Waals surface area contributed by atoms with Gasteiger partial charge in [-0.1, -0.05) is 29.3 Å². The number of aromatic nitrogens is 3. The second-order valence-corrected chi connectivity index (χ2v) is 5.52. The van der Waals surface area contributed by atoms with Crippen LogP contribution in [0, 0.1) is 0 Å². The summed E-state index contributed by atoms with van der Waals surface area (Å²) in [6, 6.07) is 10.5. The molecule has 0 aliphatic carbocycles. The predicted molar refractivity (Wildman–Crippen MR) is 85.5 cm³/mol. The van der Waals surface area contributed by atoms with Crippen molar-refractivity contribution in [3.63, 3.8) is 0 Å². The van der Waals surface area contributed by atoms with E-state index in [1.807, 2.05) is 28.8 Å². The van der Waals surface area contributed by atoms with Gasteiger partial charge in [-0.15, -0.1) is 10.2 Å². The number of hydrogen-bond acceptors (Lipinski definition) is 3. The zero-order valence-electron chi connectivity index (χ0n) is 11.5. The van der Waals surface area contributed by atoms with E-state index in [1.165, 1.54) is 0 Å². The van der Waals surface area contributed by atoms with E-state index in [-0.39, 0.29) is 5.91 Å². The van der Waals surface area contributed by atoms with Crippen LogP contribution in [-0.2, 0) is 6.42 Å². The van der Waals surface area contributed by atoms with Gasteiger partial charge in [-0.2, -0.15) is 0 Å². The average molecular weight is 335 g/mol.